The van der Waals surface area contributed by atoms with Gasteiger partial charge in [-0.15, -0.1) is 0 Å². The van der Waals surface area contributed by atoms with Crippen molar-refractivity contribution in [3.63, 3.8) is 0 Å². The molecule has 5 heterocycles. The molecule has 28 heavy (non-hydrogen) atoms. The third kappa shape index (κ3) is 3.09. The number of carbonyl (C=O) groups is 1. The highest BCUT2D eigenvalue weighted by atomic mass is 16.5. The second kappa shape index (κ2) is 7.05. The van der Waals surface area contributed by atoms with Gasteiger partial charge in [0.05, 0.1) is 25.3 Å². The van der Waals surface area contributed by atoms with E-state index >= 15 is 0 Å². The van der Waals surface area contributed by atoms with Gasteiger partial charge < -0.3 is 19.4 Å². The number of nitrogens with zero attached hydrogens (tertiary/aromatic N) is 5. The molecule has 2 unspecified atom stereocenters. The van der Waals surface area contributed by atoms with E-state index in [4.69, 9.17) is 4.74 Å². The van der Waals surface area contributed by atoms with Crippen LogP contribution in [0.4, 0.5) is 11.5 Å². The van der Waals surface area contributed by atoms with Crippen LogP contribution in [0, 0.1) is 6.92 Å². The number of hydrogen-bond acceptors (Lipinski definition) is 6. The standard InChI is InChI=1S/C21H25N5O2/c1-15-10-20(23-14-22-15)25-12-18-11-19(13-25)26(18)21(27)16-2-4-17(5-3-16)24-6-8-28-9-7-24/h2-5,10,14,18-19H,6-9,11-13H2,1H3. The van der Waals surface area contributed by atoms with Crippen LogP contribution in [0.15, 0.2) is 36.7 Å². The minimum absolute atomic E-state index is 0.147. The van der Waals surface area contributed by atoms with Crippen molar-refractivity contribution in [3.05, 3.63) is 47.9 Å². The van der Waals surface area contributed by atoms with Crippen molar-refractivity contribution in [3.8, 4) is 0 Å². The van der Waals surface area contributed by atoms with Gasteiger partial charge in [-0.25, -0.2) is 9.97 Å². The number of hydrogen-bond donors (Lipinski definition) is 0. The van der Waals surface area contributed by atoms with Crippen molar-refractivity contribution in [2.75, 3.05) is 49.2 Å². The van der Waals surface area contributed by atoms with Gasteiger partial charge in [0.25, 0.3) is 5.91 Å². The highest BCUT2D eigenvalue weighted by molar-refractivity contribution is 5.95. The van der Waals surface area contributed by atoms with Crippen molar-refractivity contribution in [1.29, 1.82) is 0 Å². The molecular formula is C21H25N5O2. The molecule has 7 heteroatoms. The van der Waals surface area contributed by atoms with Crippen LogP contribution in [0.2, 0.25) is 0 Å². The molecule has 2 bridgehead atoms. The summed E-state index contributed by atoms with van der Waals surface area (Å²) in [5.41, 5.74) is 2.91. The average molecular weight is 379 g/mol. The maximum absolute atomic E-state index is 13.1. The number of fused-ring (bicyclic) bond motifs is 2. The van der Waals surface area contributed by atoms with Crippen LogP contribution in [-0.2, 0) is 4.74 Å². The van der Waals surface area contributed by atoms with Crippen molar-refractivity contribution < 1.29 is 9.53 Å². The molecule has 0 spiro atoms. The molecule has 0 aliphatic carbocycles. The Labute approximate surface area is 164 Å². The van der Waals surface area contributed by atoms with Gasteiger partial charge in [0, 0.05) is 49.2 Å². The Balaban J connectivity index is 1.26. The molecule has 4 fully saturated rings. The average Bonchev–Trinajstić information content (AvgIpc) is 2.74. The molecule has 1 aromatic carbocycles. The lowest BCUT2D eigenvalue weighted by Crippen LogP contribution is -2.70. The summed E-state index contributed by atoms with van der Waals surface area (Å²) in [6.07, 6.45) is 2.70. The molecular weight excluding hydrogens is 354 g/mol. The number of morpholine rings is 1. The van der Waals surface area contributed by atoms with Gasteiger partial charge in [-0.3, -0.25) is 4.79 Å². The van der Waals surface area contributed by atoms with Crippen LogP contribution in [0.25, 0.3) is 0 Å². The summed E-state index contributed by atoms with van der Waals surface area (Å²) < 4.78 is 5.41. The predicted molar refractivity (Wildman–Crippen MR) is 107 cm³/mol. The van der Waals surface area contributed by atoms with Crippen LogP contribution >= 0.6 is 0 Å². The summed E-state index contributed by atoms with van der Waals surface area (Å²) in [7, 11) is 0. The lowest BCUT2D eigenvalue weighted by atomic mass is 9.86. The van der Waals surface area contributed by atoms with Crippen LogP contribution in [-0.4, -0.2) is 72.3 Å². The molecule has 4 aliphatic heterocycles. The van der Waals surface area contributed by atoms with Crippen molar-refractivity contribution >= 4 is 17.4 Å². The Morgan fingerprint density at radius 2 is 1.75 bits per heavy atom. The van der Waals surface area contributed by atoms with Crippen LogP contribution in [0.3, 0.4) is 0 Å². The number of rotatable bonds is 3. The fourth-order valence-electron chi connectivity index (χ4n) is 4.53. The predicted octanol–water partition coefficient (Wildman–Crippen LogP) is 1.72. The summed E-state index contributed by atoms with van der Waals surface area (Å²) in [5.74, 6) is 1.11. The maximum Gasteiger partial charge on any atom is 0.254 e. The van der Waals surface area contributed by atoms with E-state index in [9.17, 15) is 4.79 Å². The molecule has 2 aromatic rings. The monoisotopic (exact) mass is 379 g/mol. The number of aryl methyl sites for hydroxylation is 1. The molecule has 4 saturated heterocycles. The minimum Gasteiger partial charge on any atom is -0.378 e. The van der Waals surface area contributed by atoms with Gasteiger partial charge in [-0.1, -0.05) is 0 Å². The molecule has 0 radical (unpaired) electrons. The molecule has 2 atom stereocenters. The fourth-order valence-corrected chi connectivity index (χ4v) is 4.53. The van der Waals surface area contributed by atoms with Crippen LogP contribution in [0.5, 0.6) is 0 Å². The largest absolute Gasteiger partial charge is 0.378 e. The van der Waals surface area contributed by atoms with E-state index in [1.165, 1.54) is 0 Å². The fraction of sp³-hybridized carbons (Fsp3) is 0.476. The number of benzene rings is 1. The second-order valence-electron chi connectivity index (χ2n) is 7.82. The highest BCUT2D eigenvalue weighted by Gasteiger charge is 2.47. The Bertz CT molecular complexity index is 853. The van der Waals surface area contributed by atoms with E-state index in [2.05, 4.69) is 36.8 Å². The number of piperidine rings is 1. The van der Waals surface area contributed by atoms with Gasteiger partial charge in [0.1, 0.15) is 12.1 Å². The molecule has 1 amide bonds. The minimum atomic E-state index is 0.147. The van der Waals surface area contributed by atoms with E-state index < -0.39 is 0 Å². The lowest BCUT2D eigenvalue weighted by Gasteiger charge is -2.56. The first-order valence-electron chi connectivity index (χ1n) is 9.98. The number of aromatic nitrogens is 2. The van der Waals surface area contributed by atoms with E-state index in [1.807, 2.05) is 25.1 Å². The molecule has 0 saturated carbocycles. The zero-order chi connectivity index (χ0) is 19.1. The van der Waals surface area contributed by atoms with E-state index in [-0.39, 0.29) is 18.0 Å². The van der Waals surface area contributed by atoms with Crippen LogP contribution in [0.1, 0.15) is 22.5 Å². The number of ether oxygens (including phenoxy) is 1. The summed E-state index contributed by atoms with van der Waals surface area (Å²) in [5, 5.41) is 0. The summed E-state index contributed by atoms with van der Waals surface area (Å²) in [6, 6.07) is 10.6. The molecule has 7 nitrogen and oxygen atoms in total. The summed E-state index contributed by atoms with van der Waals surface area (Å²) >= 11 is 0. The normalized spacial score (nSPS) is 24.1. The van der Waals surface area contributed by atoms with Gasteiger partial charge >= 0.3 is 0 Å². The zero-order valence-corrected chi connectivity index (χ0v) is 16.1. The molecule has 6 rings (SSSR count). The number of piperazine rings is 1. The Hall–Kier alpha value is -2.67. The number of anilines is 2. The van der Waals surface area contributed by atoms with E-state index in [1.54, 1.807) is 6.33 Å². The van der Waals surface area contributed by atoms with Gasteiger partial charge in [-0.2, -0.15) is 0 Å². The van der Waals surface area contributed by atoms with Gasteiger partial charge in [0.2, 0.25) is 0 Å². The third-order valence-electron chi connectivity index (χ3n) is 6.03. The highest BCUT2D eigenvalue weighted by Crippen LogP contribution is 2.35. The van der Waals surface area contributed by atoms with Crippen molar-refractivity contribution in [1.82, 2.24) is 14.9 Å². The third-order valence-corrected chi connectivity index (χ3v) is 6.03. The Morgan fingerprint density at radius 3 is 2.43 bits per heavy atom. The number of amides is 1. The Morgan fingerprint density at radius 1 is 1.04 bits per heavy atom. The summed E-state index contributed by atoms with van der Waals surface area (Å²) in [4.78, 5) is 28.3. The van der Waals surface area contributed by atoms with Gasteiger partial charge in [-0.05, 0) is 37.6 Å². The Kier molecular flexibility index (Phi) is 4.39. The molecule has 0 N–H and O–H groups in total. The summed E-state index contributed by atoms with van der Waals surface area (Å²) in [6.45, 7) is 6.99. The lowest BCUT2D eigenvalue weighted by molar-refractivity contribution is 0.00575. The maximum atomic E-state index is 13.1. The van der Waals surface area contributed by atoms with Gasteiger partial charge in [0.15, 0.2) is 0 Å². The quantitative estimate of drug-likeness (QED) is 0.809. The molecule has 4 aliphatic rings. The first kappa shape index (κ1) is 17.4. The topological polar surface area (TPSA) is 61.8 Å². The van der Waals surface area contributed by atoms with Crippen LogP contribution < -0.4 is 9.80 Å². The van der Waals surface area contributed by atoms with E-state index in [0.29, 0.717) is 0 Å². The first-order chi connectivity index (χ1) is 13.7. The van der Waals surface area contributed by atoms with Crippen molar-refractivity contribution in [2.45, 2.75) is 25.4 Å². The SMILES string of the molecule is Cc1cc(N2CC3CC(C2)N3C(=O)c2ccc(N3CCOCC3)cc2)ncn1. The molecule has 1 aromatic heterocycles. The smallest absolute Gasteiger partial charge is 0.254 e. The zero-order valence-electron chi connectivity index (χ0n) is 16.1. The first-order valence-corrected chi connectivity index (χ1v) is 9.98. The van der Waals surface area contributed by atoms with E-state index in [0.717, 1.165) is 68.6 Å². The van der Waals surface area contributed by atoms with Crippen molar-refractivity contribution in [2.24, 2.45) is 0 Å². The molecule has 146 valence electrons. The number of carbonyl (C=O) groups excluding carboxylic acids is 1. The second-order valence-corrected chi connectivity index (χ2v) is 7.82.